The molecule has 2 aromatic heterocycles. The Balaban J connectivity index is 2.34. The predicted octanol–water partition coefficient (Wildman–Crippen LogP) is 3.13. The lowest BCUT2D eigenvalue weighted by Gasteiger charge is -2.05. The van der Waals surface area contributed by atoms with Crippen molar-refractivity contribution in [3.8, 4) is 17.8 Å². The molecule has 5 nitrogen and oxygen atoms in total. The van der Waals surface area contributed by atoms with Crippen LogP contribution in [-0.4, -0.2) is 14.5 Å². The zero-order valence-corrected chi connectivity index (χ0v) is 11.9. The summed E-state index contributed by atoms with van der Waals surface area (Å²) in [6, 6.07) is 12.9. The van der Waals surface area contributed by atoms with Crippen molar-refractivity contribution in [2.75, 3.05) is 0 Å². The molecule has 6 heteroatoms. The fourth-order valence-electron chi connectivity index (χ4n) is 2.18. The second-order valence-electron chi connectivity index (χ2n) is 4.54. The van der Waals surface area contributed by atoms with Crippen LogP contribution in [-0.2, 0) is 0 Å². The van der Waals surface area contributed by atoms with Crippen LogP contribution in [0.5, 0.6) is 0 Å². The van der Waals surface area contributed by atoms with Crippen LogP contribution in [0.4, 0.5) is 0 Å². The summed E-state index contributed by atoms with van der Waals surface area (Å²) in [5, 5.41) is 18.1. The summed E-state index contributed by atoms with van der Waals surface area (Å²) in [5.41, 5.74) is 3.78. The van der Waals surface area contributed by atoms with Crippen molar-refractivity contribution >= 4 is 23.4 Å². The number of aromatic nitrogens is 3. The van der Waals surface area contributed by atoms with Gasteiger partial charge >= 0.3 is 0 Å². The van der Waals surface area contributed by atoms with Crippen molar-refractivity contribution in [2.45, 2.75) is 6.92 Å². The van der Waals surface area contributed by atoms with Gasteiger partial charge in [0.1, 0.15) is 12.1 Å². The number of benzene rings is 1. The molecule has 100 valence electrons. The average Bonchev–Trinajstić information content (AvgIpc) is 2.81. The molecule has 3 aromatic rings. The number of H-pyrrole nitrogens is 1. The van der Waals surface area contributed by atoms with Gasteiger partial charge in [-0.15, -0.1) is 0 Å². The highest BCUT2D eigenvalue weighted by Gasteiger charge is 2.10. The van der Waals surface area contributed by atoms with E-state index in [1.54, 1.807) is 22.8 Å². The Morgan fingerprint density at radius 3 is 2.62 bits per heavy atom. The van der Waals surface area contributed by atoms with Gasteiger partial charge in [-0.1, -0.05) is 0 Å². The summed E-state index contributed by atoms with van der Waals surface area (Å²) in [6.07, 6.45) is 0. The lowest BCUT2D eigenvalue weighted by molar-refractivity contribution is 1.03. The molecule has 3 rings (SSSR count). The first kappa shape index (κ1) is 13.0. The SMILES string of the molecule is Cc1ccc2[nH]c(=S)n(-c3ccc(C#N)c(C#N)c3)c2n1. The molecular formula is C15H9N5S. The largest absolute Gasteiger partial charge is 0.329 e. The van der Waals surface area contributed by atoms with E-state index in [4.69, 9.17) is 22.7 Å². The molecule has 0 saturated heterocycles. The van der Waals surface area contributed by atoms with E-state index >= 15 is 0 Å². The number of hydrogen-bond donors (Lipinski definition) is 1. The summed E-state index contributed by atoms with van der Waals surface area (Å²) in [4.78, 5) is 7.57. The second kappa shape index (κ2) is 4.86. The third kappa shape index (κ3) is 2.08. The molecule has 1 aromatic carbocycles. The fourth-order valence-corrected chi connectivity index (χ4v) is 2.48. The van der Waals surface area contributed by atoms with Crippen molar-refractivity contribution in [3.05, 3.63) is 51.9 Å². The van der Waals surface area contributed by atoms with Crippen LogP contribution >= 0.6 is 12.2 Å². The van der Waals surface area contributed by atoms with Gasteiger partial charge < -0.3 is 4.98 Å². The number of nitriles is 2. The fraction of sp³-hybridized carbons (Fsp3) is 0.0667. The zero-order chi connectivity index (χ0) is 15.0. The Labute approximate surface area is 125 Å². The number of rotatable bonds is 1. The van der Waals surface area contributed by atoms with Gasteiger partial charge in [0.15, 0.2) is 10.4 Å². The van der Waals surface area contributed by atoms with Crippen LogP contribution in [0.15, 0.2) is 30.3 Å². The van der Waals surface area contributed by atoms with E-state index in [2.05, 4.69) is 9.97 Å². The minimum Gasteiger partial charge on any atom is -0.329 e. The van der Waals surface area contributed by atoms with E-state index in [9.17, 15) is 0 Å². The number of aryl methyl sites for hydroxylation is 1. The topological polar surface area (TPSA) is 81.2 Å². The standard InChI is InChI=1S/C15H9N5S/c1-9-2-5-13-14(18-9)20(15(21)19-13)12-4-3-10(7-16)11(6-12)8-17/h2-6H,1H3,(H,19,21). The number of pyridine rings is 1. The Kier molecular flexibility index (Phi) is 3.02. The highest BCUT2D eigenvalue weighted by molar-refractivity contribution is 7.71. The quantitative estimate of drug-likeness (QED) is 0.698. The molecule has 0 aliphatic carbocycles. The lowest BCUT2D eigenvalue weighted by Crippen LogP contribution is -1.98. The molecule has 0 saturated carbocycles. The number of aromatic amines is 1. The lowest BCUT2D eigenvalue weighted by atomic mass is 10.1. The van der Waals surface area contributed by atoms with Gasteiger partial charge in [-0.05, 0) is 49.5 Å². The van der Waals surface area contributed by atoms with E-state index in [1.165, 1.54) is 0 Å². The maximum atomic E-state index is 9.14. The Morgan fingerprint density at radius 1 is 1.14 bits per heavy atom. The minimum absolute atomic E-state index is 0.318. The van der Waals surface area contributed by atoms with Gasteiger partial charge in [0.25, 0.3) is 0 Å². The van der Waals surface area contributed by atoms with Gasteiger partial charge in [0, 0.05) is 5.69 Å². The second-order valence-corrected chi connectivity index (χ2v) is 4.93. The summed E-state index contributed by atoms with van der Waals surface area (Å²) in [7, 11) is 0. The van der Waals surface area contributed by atoms with Crippen LogP contribution < -0.4 is 0 Å². The molecule has 0 amide bonds. The first-order valence-electron chi connectivity index (χ1n) is 6.17. The van der Waals surface area contributed by atoms with Crippen LogP contribution in [0, 0.1) is 34.4 Å². The van der Waals surface area contributed by atoms with Gasteiger partial charge in [-0.25, -0.2) is 4.98 Å². The maximum absolute atomic E-state index is 9.14. The molecule has 1 N–H and O–H groups in total. The highest BCUT2D eigenvalue weighted by atomic mass is 32.1. The number of hydrogen-bond acceptors (Lipinski definition) is 4. The zero-order valence-electron chi connectivity index (χ0n) is 11.1. The van der Waals surface area contributed by atoms with Gasteiger partial charge in [-0.2, -0.15) is 10.5 Å². The molecule has 0 atom stereocenters. The Bertz CT molecular complexity index is 998. The number of nitrogens with one attached hydrogen (secondary N) is 1. The van der Waals surface area contributed by atoms with Crippen molar-refractivity contribution in [1.82, 2.24) is 14.5 Å². The number of nitrogens with zero attached hydrogens (tertiary/aromatic N) is 4. The number of fused-ring (bicyclic) bond motifs is 1. The third-order valence-corrected chi connectivity index (χ3v) is 3.46. The molecule has 0 aliphatic rings. The van der Waals surface area contributed by atoms with Crippen LogP contribution in [0.2, 0.25) is 0 Å². The smallest absolute Gasteiger partial charge is 0.183 e. The van der Waals surface area contributed by atoms with Crippen LogP contribution in [0.1, 0.15) is 16.8 Å². The molecular weight excluding hydrogens is 282 g/mol. The van der Waals surface area contributed by atoms with Crippen molar-refractivity contribution in [1.29, 1.82) is 10.5 Å². The van der Waals surface area contributed by atoms with E-state index < -0.39 is 0 Å². The van der Waals surface area contributed by atoms with Crippen LogP contribution in [0.3, 0.4) is 0 Å². The molecule has 0 aliphatic heterocycles. The van der Waals surface area contributed by atoms with Gasteiger partial charge in [-0.3, -0.25) is 4.57 Å². The summed E-state index contributed by atoms with van der Waals surface area (Å²) >= 11 is 5.34. The van der Waals surface area contributed by atoms with E-state index in [0.717, 1.165) is 11.2 Å². The molecule has 0 radical (unpaired) electrons. The maximum Gasteiger partial charge on any atom is 0.183 e. The molecule has 0 unspecified atom stereocenters. The first-order chi connectivity index (χ1) is 10.1. The highest BCUT2D eigenvalue weighted by Crippen LogP contribution is 2.20. The number of imidazole rings is 1. The predicted molar refractivity (Wildman–Crippen MR) is 80.4 cm³/mol. The van der Waals surface area contributed by atoms with Crippen molar-refractivity contribution in [2.24, 2.45) is 0 Å². The summed E-state index contributed by atoms with van der Waals surface area (Å²) in [5.74, 6) is 0. The molecule has 0 fully saturated rings. The van der Waals surface area contributed by atoms with Gasteiger partial charge in [0.2, 0.25) is 0 Å². The van der Waals surface area contributed by atoms with E-state index in [0.29, 0.717) is 27.2 Å². The average molecular weight is 291 g/mol. The molecule has 0 spiro atoms. The Hall–Kier alpha value is -2.96. The molecule has 2 heterocycles. The molecule has 21 heavy (non-hydrogen) atoms. The summed E-state index contributed by atoms with van der Waals surface area (Å²) < 4.78 is 2.26. The summed E-state index contributed by atoms with van der Waals surface area (Å²) in [6.45, 7) is 1.90. The molecule has 0 bridgehead atoms. The van der Waals surface area contributed by atoms with E-state index in [1.807, 2.05) is 31.2 Å². The normalized spacial score (nSPS) is 10.2. The van der Waals surface area contributed by atoms with Crippen LogP contribution in [0.25, 0.3) is 16.9 Å². The third-order valence-electron chi connectivity index (χ3n) is 3.17. The van der Waals surface area contributed by atoms with Crippen molar-refractivity contribution in [3.63, 3.8) is 0 Å². The Morgan fingerprint density at radius 2 is 1.90 bits per heavy atom. The van der Waals surface area contributed by atoms with E-state index in [-0.39, 0.29) is 0 Å². The monoisotopic (exact) mass is 291 g/mol. The van der Waals surface area contributed by atoms with Gasteiger partial charge in [0.05, 0.1) is 22.3 Å². The first-order valence-corrected chi connectivity index (χ1v) is 6.58. The minimum atomic E-state index is 0.318. The van der Waals surface area contributed by atoms with Crippen molar-refractivity contribution < 1.29 is 0 Å².